The average Bonchev–Trinajstić information content (AvgIpc) is 3.10. The van der Waals surface area contributed by atoms with Crippen LogP contribution >= 0.6 is 22.9 Å². The topological polar surface area (TPSA) is 88.2 Å². The second-order valence-electron chi connectivity index (χ2n) is 6.05. The number of benzene rings is 3. The van der Waals surface area contributed by atoms with Crippen LogP contribution in [0.4, 0.5) is 10.8 Å². The molecule has 3 aromatic carbocycles. The molecule has 0 aliphatic carbocycles. The summed E-state index contributed by atoms with van der Waals surface area (Å²) in [4.78, 5) is 17.2. The second kappa shape index (κ2) is 7.82. The number of rotatable bonds is 5. The minimum atomic E-state index is -3.88. The first-order chi connectivity index (χ1) is 13.9. The van der Waals surface area contributed by atoms with Crippen molar-refractivity contribution < 1.29 is 13.2 Å². The van der Waals surface area contributed by atoms with Gasteiger partial charge >= 0.3 is 0 Å². The Kier molecular flexibility index (Phi) is 5.23. The Morgan fingerprint density at radius 1 is 0.931 bits per heavy atom. The number of carbonyl (C=O) groups is 1. The van der Waals surface area contributed by atoms with Crippen molar-refractivity contribution in [2.24, 2.45) is 0 Å². The summed E-state index contributed by atoms with van der Waals surface area (Å²) in [6.45, 7) is 0. The molecule has 1 heterocycles. The zero-order chi connectivity index (χ0) is 20.4. The van der Waals surface area contributed by atoms with Crippen LogP contribution in [-0.4, -0.2) is 19.3 Å². The number of nitrogens with one attached hydrogen (secondary N) is 2. The van der Waals surface area contributed by atoms with Crippen molar-refractivity contribution >= 4 is 59.9 Å². The number of fused-ring (bicyclic) bond motifs is 1. The van der Waals surface area contributed by atoms with Crippen molar-refractivity contribution in [3.63, 3.8) is 0 Å². The Morgan fingerprint density at radius 2 is 1.62 bits per heavy atom. The van der Waals surface area contributed by atoms with Crippen molar-refractivity contribution in [3.8, 4) is 0 Å². The number of anilines is 2. The van der Waals surface area contributed by atoms with Gasteiger partial charge in [-0.05, 0) is 48.5 Å². The lowest BCUT2D eigenvalue weighted by atomic mass is 10.2. The number of halogens is 1. The van der Waals surface area contributed by atoms with Gasteiger partial charge in [-0.3, -0.25) is 14.8 Å². The van der Waals surface area contributed by atoms with Crippen LogP contribution in [0.15, 0.2) is 77.7 Å². The summed E-state index contributed by atoms with van der Waals surface area (Å²) in [6, 6.07) is 19.7. The van der Waals surface area contributed by atoms with Gasteiger partial charge in [0.25, 0.3) is 15.9 Å². The van der Waals surface area contributed by atoms with Crippen molar-refractivity contribution in [2.45, 2.75) is 4.90 Å². The minimum absolute atomic E-state index is 0.0447. The molecule has 0 spiro atoms. The minimum Gasteiger partial charge on any atom is -0.298 e. The van der Waals surface area contributed by atoms with E-state index < -0.39 is 15.9 Å². The number of aromatic nitrogens is 1. The van der Waals surface area contributed by atoms with E-state index in [1.807, 2.05) is 24.3 Å². The summed E-state index contributed by atoms with van der Waals surface area (Å²) in [6.07, 6.45) is 0. The van der Waals surface area contributed by atoms with Gasteiger partial charge in [-0.2, -0.15) is 0 Å². The molecule has 0 atom stereocenters. The highest BCUT2D eigenvalue weighted by molar-refractivity contribution is 7.92. The molecule has 0 radical (unpaired) electrons. The van der Waals surface area contributed by atoms with Crippen LogP contribution in [0.5, 0.6) is 0 Å². The molecule has 1 aromatic heterocycles. The van der Waals surface area contributed by atoms with E-state index in [1.54, 1.807) is 18.2 Å². The highest BCUT2D eigenvalue weighted by Gasteiger charge is 2.19. The number of hydrogen-bond acceptors (Lipinski definition) is 5. The van der Waals surface area contributed by atoms with E-state index in [-0.39, 0.29) is 16.1 Å². The van der Waals surface area contributed by atoms with Crippen LogP contribution < -0.4 is 10.0 Å². The summed E-state index contributed by atoms with van der Waals surface area (Å²) in [5.74, 6) is -0.460. The van der Waals surface area contributed by atoms with Crippen LogP contribution in [0.2, 0.25) is 5.02 Å². The zero-order valence-electron chi connectivity index (χ0n) is 14.8. The van der Waals surface area contributed by atoms with Gasteiger partial charge in [0.15, 0.2) is 5.13 Å². The maximum atomic E-state index is 12.8. The third kappa shape index (κ3) is 4.24. The number of hydrogen-bond donors (Lipinski definition) is 2. The first-order valence-electron chi connectivity index (χ1n) is 8.47. The zero-order valence-corrected chi connectivity index (χ0v) is 17.2. The summed E-state index contributed by atoms with van der Waals surface area (Å²) < 4.78 is 28.7. The molecule has 0 saturated carbocycles. The highest BCUT2D eigenvalue weighted by atomic mass is 35.5. The Hall–Kier alpha value is -2.94. The number of sulfonamides is 1. The molecule has 146 valence electrons. The summed E-state index contributed by atoms with van der Waals surface area (Å²) >= 11 is 7.17. The van der Waals surface area contributed by atoms with Crippen LogP contribution in [0, 0.1) is 0 Å². The van der Waals surface area contributed by atoms with Gasteiger partial charge in [0.2, 0.25) is 0 Å². The van der Waals surface area contributed by atoms with E-state index >= 15 is 0 Å². The monoisotopic (exact) mass is 443 g/mol. The molecule has 4 aromatic rings. The number of thiazole rings is 1. The Bertz CT molecular complexity index is 1270. The maximum Gasteiger partial charge on any atom is 0.261 e. The van der Waals surface area contributed by atoms with Crippen LogP contribution in [0.1, 0.15) is 10.4 Å². The molecule has 2 N–H and O–H groups in total. The fraction of sp³-hybridized carbons (Fsp3) is 0. The predicted octanol–water partition coefficient (Wildman–Crippen LogP) is 5.00. The van der Waals surface area contributed by atoms with E-state index in [1.165, 1.54) is 41.7 Å². The molecule has 0 aliphatic heterocycles. The summed E-state index contributed by atoms with van der Waals surface area (Å²) in [5.41, 5.74) is 1.13. The third-order valence-electron chi connectivity index (χ3n) is 4.05. The van der Waals surface area contributed by atoms with Crippen molar-refractivity contribution in [1.82, 2.24) is 4.98 Å². The maximum absolute atomic E-state index is 12.8. The lowest BCUT2D eigenvalue weighted by molar-refractivity contribution is 0.102. The van der Waals surface area contributed by atoms with Crippen LogP contribution in [0.3, 0.4) is 0 Å². The average molecular weight is 444 g/mol. The van der Waals surface area contributed by atoms with Gasteiger partial charge in [-0.1, -0.05) is 47.2 Å². The molecule has 0 aliphatic rings. The van der Waals surface area contributed by atoms with Crippen molar-refractivity contribution in [3.05, 3.63) is 83.4 Å². The Labute approximate surface area is 176 Å². The SMILES string of the molecule is O=C(Nc1nc2ccccc2s1)c1ccccc1NS(=O)(=O)c1ccc(Cl)cc1. The number of nitrogens with zero attached hydrogens (tertiary/aromatic N) is 1. The van der Waals surface area contributed by atoms with Gasteiger partial charge < -0.3 is 0 Å². The number of amides is 1. The summed E-state index contributed by atoms with van der Waals surface area (Å²) in [5, 5.41) is 3.60. The van der Waals surface area contributed by atoms with Gasteiger partial charge in [0, 0.05) is 5.02 Å². The third-order valence-corrected chi connectivity index (χ3v) is 6.64. The van der Waals surface area contributed by atoms with Gasteiger partial charge in [-0.25, -0.2) is 13.4 Å². The van der Waals surface area contributed by atoms with E-state index in [4.69, 9.17) is 11.6 Å². The highest BCUT2D eigenvalue weighted by Crippen LogP contribution is 2.27. The summed E-state index contributed by atoms with van der Waals surface area (Å²) in [7, 11) is -3.88. The molecule has 6 nitrogen and oxygen atoms in total. The molecule has 4 rings (SSSR count). The molecule has 0 saturated heterocycles. The lowest BCUT2D eigenvalue weighted by Gasteiger charge is -2.12. The van der Waals surface area contributed by atoms with Gasteiger partial charge in [-0.15, -0.1) is 0 Å². The molecule has 0 unspecified atom stereocenters. The number of carbonyl (C=O) groups excluding carboxylic acids is 1. The normalized spacial score (nSPS) is 11.3. The van der Waals surface area contributed by atoms with E-state index in [2.05, 4.69) is 15.0 Å². The van der Waals surface area contributed by atoms with Crippen molar-refractivity contribution in [1.29, 1.82) is 0 Å². The molecule has 0 fully saturated rings. The molecular weight excluding hydrogens is 430 g/mol. The molecule has 29 heavy (non-hydrogen) atoms. The van der Waals surface area contributed by atoms with E-state index in [0.29, 0.717) is 10.2 Å². The van der Waals surface area contributed by atoms with E-state index in [9.17, 15) is 13.2 Å². The molecular formula is C20H14ClN3O3S2. The first-order valence-corrected chi connectivity index (χ1v) is 11.1. The quantitative estimate of drug-likeness (QED) is 0.454. The fourth-order valence-electron chi connectivity index (χ4n) is 2.68. The molecule has 0 bridgehead atoms. The smallest absolute Gasteiger partial charge is 0.261 e. The molecule has 1 amide bonds. The fourth-order valence-corrected chi connectivity index (χ4v) is 4.74. The predicted molar refractivity (Wildman–Crippen MR) is 116 cm³/mol. The first kappa shape index (κ1) is 19.4. The van der Waals surface area contributed by atoms with Crippen molar-refractivity contribution in [2.75, 3.05) is 10.0 Å². The van der Waals surface area contributed by atoms with Gasteiger partial charge in [0.1, 0.15) is 0 Å². The number of para-hydroxylation sites is 2. The molecule has 9 heteroatoms. The van der Waals surface area contributed by atoms with E-state index in [0.717, 1.165) is 10.2 Å². The van der Waals surface area contributed by atoms with Crippen LogP contribution in [0.25, 0.3) is 10.2 Å². The largest absolute Gasteiger partial charge is 0.298 e. The lowest BCUT2D eigenvalue weighted by Crippen LogP contribution is -2.18. The van der Waals surface area contributed by atoms with Crippen LogP contribution in [-0.2, 0) is 10.0 Å². The Morgan fingerprint density at radius 3 is 2.38 bits per heavy atom. The Balaban J connectivity index is 1.60. The standard InChI is InChI=1S/C20H14ClN3O3S2/c21-13-9-11-14(12-10-13)29(26,27)24-16-6-2-1-5-15(16)19(25)23-20-22-17-7-3-4-8-18(17)28-20/h1-12,24H,(H,22,23,25). The van der Waals surface area contributed by atoms with Gasteiger partial charge in [0.05, 0.1) is 26.4 Å². The second-order valence-corrected chi connectivity index (χ2v) is 9.20.